The summed E-state index contributed by atoms with van der Waals surface area (Å²) in [6.07, 6.45) is 0.928. The molecule has 0 heterocycles. The monoisotopic (exact) mass is 182 g/mol. The van der Waals surface area contributed by atoms with E-state index in [0.29, 0.717) is 0 Å². The zero-order valence-electron chi connectivity index (χ0n) is 8.05. The van der Waals surface area contributed by atoms with Gasteiger partial charge in [0.25, 0.3) is 0 Å². The van der Waals surface area contributed by atoms with Gasteiger partial charge in [-0.25, -0.2) is 9.40 Å². The lowest BCUT2D eigenvalue weighted by Gasteiger charge is -2.14. The van der Waals surface area contributed by atoms with Crippen LogP contribution in [0, 0.1) is 5.82 Å². The van der Waals surface area contributed by atoms with Crippen LogP contribution in [0.25, 0.3) is 0 Å². The van der Waals surface area contributed by atoms with Crippen LogP contribution >= 0.6 is 0 Å². The molecule has 0 aliphatic carbocycles. The number of likely N-dealkylation sites (N-methyl/N-ethyl adjacent to an activating group) is 1. The minimum Gasteiger partial charge on any atom is -0.259 e. The summed E-state index contributed by atoms with van der Waals surface area (Å²) < 4.78 is 12.5. The highest BCUT2D eigenvalue weighted by atomic mass is 19.1. The van der Waals surface area contributed by atoms with Crippen LogP contribution in [0.3, 0.4) is 0 Å². The number of hydrazine groups is 1. The second-order valence-corrected chi connectivity index (χ2v) is 3.02. The fourth-order valence-electron chi connectivity index (χ4n) is 1.06. The van der Waals surface area contributed by atoms with Gasteiger partial charge in [-0.1, -0.05) is 12.1 Å². The fraction of sp³-hybridized carbons (Fsp3) is 0.400. The number of rotatable bonds is 4. The normalized spacial score (nSPS) is 10.8. The van der Waals surface area contributed by atoms with Crippen molar-refractivity contribution in [2.75, 3.05) is 20.6 Å². The Labute approximate surface area is 78.3 Å². The number of hydrogen-bond donors (Lipinski definition) is 1. The van der Waals surface area contributed by atoms with E-state index in [1.807, 2.05) is 31.2 Å². The van der Waals surface area contributed by atoms with Crippen molar-refractivity contribution in [1.29, 1.82) is 0 Å². The van der Waals surface area contributed by atoms with Crippen LogP contribution in [0.2, 0.25) is 0 Å². The first kappa shape index (κ1) is 10.2. The Hall–Kier alpha value is -0.930. The molecule has 0 spiro atoms. The molecule has 0 unspecified atom stereocenters. The van der Waals surface area contributed by atoms with E-state index in [4.69, 9.17) is 0 Å². The van der Waals surface area contributed by atoms with Crippen LogP contribution in [-0.4, -0.2) is 25.6 Å². The van der Waals surface area contributed by atoms with E-state index in [0.717, 1.165) is 18.5 Å². The van der Waals surface area contributed by atoms with E-state index in [9.17, 15) is 4.39 Å². The second-order valence-electron chi connectivity index (χ2n) is 3.02. The topological polar surface area (TPSA) is 15.3 Å². The second kappa shape index (κ2) is 4.94. The third kappa shape index (κ3) is 3.53. The quantitative estimate of drug-likeness (QED) is 0.709. The minimum atomic E-state index is -0.175. The molecule has 0 fully saturated rings. The number of nitrogens with one attached hydrogen (secondary N) is 1. The Kier molecular flexibility index (Phi) is 3.86. The van der Waals surface area contributed by atoms with Crippen molar-refractivity contribution in [2.45, 2.75) is 6.42 Å². The molecule has 0 amide bonds. The first-order chi connectivity index (χ1) is 6.22. The Balaban J connectivity index is 2.41. The van der Waals surface area contributed by atoms with Crippen molar-refractivity contribution in [2.24, 2.45) is 0 Å². The van der Waals surface area contributed by atoms with E-state index in [-0.39, 0.29) is 5.82 Å². The third-order valence-corrected chi connectivity index (χ3v) is 2.03. The molecule has 0 bridgehead atoms. The minimum absolute atomic E-state index is 0.175. The van der Waals surface area contributed by atoms with Gasteiger partial charge in [0, 0.05) is 13.6 Å². The zero-order valence-corrected chi connectivity index (χ0v) is 8.05. The molecule has 1 aromatic rings. The zero-order chi connectivity index (χ0) is 9.68. The van der Waals surface area contributed by atoms with Crippen LogP contribution in [-0.2, 0) is 6.42 Å². The van der Waals surface area contributed by atoms with Gasteiger partial charge in [0.2, 0.25) is 0 Å². The maximum Gasteiger partial charge on any atom is 0.123 e. The molecule has 0 aliphatic heterocycles. The largest absolute Gasteiger partial charge is 0.259 e. The van der Waals surface area contributed by atoms with Crippen LogP contribution < -0.4 is 5.43 Å². The molecule has 0 saturated heterocycles. The highest BCUT2D eigenvalue weighted by molar-refractivity contribution is 5.16. The smallest absolute Gasteiger partial charge is 0.123 e. The summed E-state index contributed by atoms with van der Waals surface area (Å²) >= 11 is 0. The van der Waals surface area contributed by atoms with Crippen molar-refractivity contribution in [3.8, 4) is 0 Å². The van der Waals surface area contributed by atoms with Crippen LogP contribution in [0.5, 0.6) is 0 Å². The maximum atomic E-state index is 12.5. The van der Waals surface area contributed by atoms with Crippen molar-refractivity contribution < 1.29 is 4.39 Å². The molecule has 72 valence electrons. The molecule has 2 nitrogen and oxygen atoms in total. The third-order valence-electron chi connectivity index (χ3n) is 2.03. The molecule has 0 radical (unpaired) electrons. The predicted octanol–water partition coefficient (Wildman–Crippen LogP) is 1.43. The van der Waals surface area contributed by atoms with Crippen LogP contribution in [0.15, 0.2) is 24.3 Å². The van der Waals surface area contributed by atoms with Gasteiger partial charge >= 0.3 is 0 Å². The van der Waals surface area contributed by atoms with Gasteiger partial charge in [-0.3, -0.25) is 5.43 Å². The number of halogens is 1. The van der Waals surface area contributed by atoms with Gasteiger partial charge in [0.1, 0.15) is 5.82 Å². The Bertz CT molecular complexity index is 246. The van der Waals surface area contributed by atoms with Crippen molar-refractivity contribution in [3.05, 3.63) is 35.6 Å². The summed E-state index contributed by atoms with van der Waals surface area (Å²) in [5, 5.41) is 1.99. The average molecular weight is 182 g/mol. The van der Waals surface area contributed by atoms with Crippen LogP contribution in [0.1, 0.15) is 5.56 Å². The van der Waals surface area contributed by atoms with Gasteiger partial charge in [0.05, 0.1) is 0 Å². The Morgan fingerprint density at radius 3 is 2.46 bits per heavy atom. The molecule has 0 atom stereocenters. The molecule has 0 aliphatic rings. The first-order valence-corrected chi connectivity index (χ1v) is 4.35. The fourth-order valence-corrected chi connectivity index (χ4v) is 1.06. The van der Waals surface area contributed by atoms with Crippen molar-refractivity contribution >= 4 is 0 Å². The molecular weight excluding hydrogens is 167 g/mol. The lowest BCUT2D eigenvalue weighted by atomic mass is 10.1. The van der Waals surface area contributed by atoms with Crippen molar-refractivity contribution in [3.63, 3.8) is 0 Å². The van der Waals surface area contributed by atoms with Gasteiger partial charge in [-0.15, -0.1) is 0 Å². The summed E-state index contributed by atoms with van der Waals surface area (Å²) in [6.45, 7) is 0.919. The summed E-state index contributed by atoms with van der Waals surface area (Å²) in [5.74, 6) is -0.175. The average Bonchev–Trinajstić information content (AvgIpc) is 2.16. The summed E-state index contributed by atoms with van der Waals surface area (Å²) in [6, 6.07) is 6.63. The summed E-state index contributed by atoms with van der Waals surface area (Å²) in [7, 11) is 3.86. The SMILES string of the molecule is CNN(C)CCc1ccc(F)cc1. The number of benzene rings is 1. The Morgan fingerprint density at radius 1 is 1.31 bits per heavy atom. The lowest BCUT2D eigenvalue weighted by Crippen LogP contribution is -2.32. The maximum absolute atomic E-state index is 12.5. The van der Waals surface area contributed by atoms with Gasteiger partial charge in [-0.2, -0.15) is 0 Å². The standard InChI is InChI=1S/C10H15FN2/c1-12-13(2)8-7-9-3-5-10(11)6-4-9/h3-6,12H,7-8H2,1-2H3. The summed E-state index contributed by atoms with van der Waals surface area (Å²) in [4.78, 5) is 0. The van der Waals surface area contributed by atoms with Gasteiger partial charge < -0.3 is 0 Å². The van der Waals surface area contributed by atoms with E-state index in [2.05, 4.69) is 5.43 Å². The highest BCUT2D eigenvalue weighted by Gasteiger charge is 1.96. The van der Waals surface area contributed by atoms with E-state index >= 15 is 0 Å². The summed E-state index contributed by atoms with van der Waals surface area (Å²) in [5.41, 5.74) is 4.16. The molecule has 1 N–H and O–H groups in total. The Morgan fingerprint density at radius 2 is 1.92 bits per heavy atom. The molecule has 3 heteroatoms. The number of hydrogen-bond acceptors (Lipinski definition) is 2. The molecular formula is C10H15FN2. The molecule has 0 saturated carbocycles. The van der Waals surface area contributed by atoms with Gasteiger partial charge in [-0.05, 0) is 31.2 Å². The van der Waals surface area contributed by atoms with E-state index in [1.54, 1.807) is 0 Å². The van der Waals surface area contributed by atoms with Crippen molar-refractivity contribution in [1.82, 2.24) is 10.4 Å². The molecule has 0 aromatic heterocycles. The molecule has 1 rings (SSSR count). The number of nitrogens with zero attached hydrogens (tertiary/aromatic N) is 1. The van der Waals surface area contributed by atoms with Crippen LogP contribution in [0.4, 0.5) is 4.39 Å². The predicted molar refractivity (Wildman–Crippen MR) is 51.8 cm³/mol. The lowest BCUT2D eigenvalue weighted by molar-refractivity contribution is 0.264. The highest BCUT2D eigenvalue weighted by Crippen LogP contribution is 2.03. The van der Waals surface area contributed by atoms with Gasteiger partial charge in [0.15, 0.2) is 0 Å². The molecule has 1 aromatic carbocycles. The van der Waals surface area contributed by atoms with E-state index in [1.165, 1.54) is 12.1 Å². The molecule has 13 heavy (non-hydrogen) atoms. The first-order valence-electron chi connectivity index (χ1n) is 4.35. The van der Waals surface area contributed by atoms with E-state index < -0.39 is 0 Å².